The molecule has 0 bridgehead atoms. The maximum absolute atomic E-state index is 11.3. The first-order chi connectivity index (χ1) is 7.79. The molecule has 0 saturated carbocycles. The Hall–Kier alpha value is -1.16. The van der Waals surface area contributed by atoms with Crippen molar-refractivity contribution in [3.05, 3.63) is 29.8 Å². The van der Waals surface area contributed by atoms with Gasteiger partial charge in [0.15, 0.2) is 0 Å². The topological polar surface area (TPSA) is 38.3 Å². The van der Waals surface area contributed by atoms with E-state index in [1.807, 2.05) is 24.3 Å². The third-order valence-electron chi connectivity index (χ3n) is 2.61. The molecule has 3 nitrogen and oxygen atoms in total. The number of hydrogen-bond donors (Lipinski definition) is 1. The van der Waals surface area contributed by atoms with Crippen molar-refractivity contribution in [2.24, 2.45) is 0 Å². The van der Waals surface area contributed by atoms with Gasteiger partial charge in [0.25, 0.3) is 0 Å². The molecule has 4 heteroatoms. The smallest absolute Gasteiger partial charge is 0.233 e. The van der Waals surface area contributed by atoms with Crippen LogP contribution in [-0.2, 0) is 10.5 Å². The van der Waals surface area contributed by atoms with Gasteiger partial charge in [-0.15, -0.1) is 11.8 Å². The Kier molecular flexibility index (Phi) is 3.72. The molecular formula is C12H15NO2S. The number of rotatable bonds is 4. The van der Waals surface area contributed by atoms with Crippen molar-refractivity contribution in [2.45, 2.75) is 17.4 Å². The average Bonchev–Trinajstić information content (AvgIpc) is 2.73. The first-order valence-electron chi connectivity index (χ1n) is 5.32. The fraction of sp³-hybridized carbons (Fsp3) is 0.417. The summed E-state index contributed by atoms with van der Waals surface area (Å²) in [6, 6.07) is 7.98. The van der Waals surface area contributed by atoms with Crippen LogP contribution in [0.4, 0.5) is 0 Å². The van der Waals surface area contributed by atoms with E-state index >= 15 is 0 Å². The van der Waals surface area contributed by atoms with Gasteiger partial charge in [-0.1, -0.05) is 12.1 Å². The second-order valence-electron chi connectivity index (χ2n) is 3.73. The van der Waals surface area contributed by atoms with Crippen molar-refractivity contribution >= 4 is 17.7 Å². The van der Waals surface area contributed by atoms with E-state index in [2.05, 4.69) is 5.32 Å². The molecule has 86 valence electrons. The van der Waals surface area contributed by atoms with E-state index in [9.17, 15) is 4.79 Å². The van der Waals surface area contributed by atoms with Gasteiger partial charge >= 0.3 is 0 Å². The van der Waals surface area contributed by atoms with Gasteiger partial charge in [-0.3, -0.25) is 4.79 Å². The zero-order valence-electron chi connectivity index (χ0n) is 9.23. The minimum absolute atomic E-state index is 0.127. The Bertz CT molecular complexity index is 364. The Morgan fingerprint density at radius 2 is 2.19 bits per heavy atom. The standard InChI is InChI=1S/C12H15NO2S/c1-15-10-4-2-9(3-5-10)8-16-11-6-7-13-12(11)14/h2-5,11H,6-8H2,1H3,(H,13,14). The van der Waals surface area contributed by atoms with Gasteiger partial charge in [0.1, 0.15) is 5.75 Å². The summed E-state index contributed by atoms with van der Waals surface area (Å²) in [6.45, 7) is 0.819. The lowest BCUT2D eigenvalue weighted by molar-refractivity contribution is -0.118. The summed E-state index contributed by atoms with van der Waals surface area (Å²) in [4.78, 5) is 11.3. The summed E-state index contributed by atoms with van der Waals surface area (Å²) in [5.74, 6) is 1.92. The van der Waals surface area contributed by atoms with Gasteiger partial charge in [-0.25, -0.2) is 0 Å². The van der Waals surface area contributed by atoms with E-state index in [-0.39, 0.29) is 11.2 Å². The average molecular weight is 237 g/mol. The maximum atomic E-state index is 11.3. The second-order valence-corrected chi connectivity index (χ2v) is 4.92. The molecule has 0 spiro atoms. The van der Waals surface area contributed by atoms with Crippen LogP contribution in [0.1, 0.15) is 12.0 Å². The van der Waals surface area contributed by atoms with Crippen molar-refractivity contribution in [3.63, 3.8) is 0 Å². The molecule has 1 heterocycles. The highest BCUT2D eigenvalue weighted by Gasteiger charge is 2.23. The Morgan fingerprint density at radius 1 is 1.44 bits per heavy atom. The number of carbonyl (C=O) groups is 1. The largest absolute Gasteiger partial charge is 0.497 e. The first kappa shape index (κ1) is 11.3. The summed E-state index contributed by atoms with van der Waals surface area (Å²) in [5.41, 5.74) is 1.23. The molecule has 2 rings (SSSR count). The number of nitrogens with one attached hydrogen (secondary N) is 1. The Balaban J connectivity index is 1.86. The van der Waals surface area contributed by atoms with E-state index < -0.39 is 0 Å². The summed E-state index contributed by atoms with van der Waals surface area (Å²) in [5, 5.41) is 2.97. The van der Waals surface area contributed by atoms with Gasteiger partial charge in [-0.2, -0.15) is 0 Å². The lowest BCUT2D eigenvalue weighted by Gasteiger charge is -2.07. The van der Waals surface area contributed by atoms with E-state index in [1.165, 1.54) is 5.56 Å². The molecule has 1 saturated heterocycles. The third kappa shape index (κ3) is 2.70. The minimum atomic E-state index is 0.127. The zero-order chi connectivity index (χ0) is 11.4. The molecule has 0 aliphatic carbocycles. The molecule has 0 aromatic heterocycles. The van der Waals surface area contributed by atoms with E-state index in [0.29, 0.717) is 0 Å². The predicted molar refractivity (Wildman–Crippen MR) is 65.7 cm³/mol. The molecule has 1 aliphatic heterocycles. The van der Waals surface area contributed by atoms with Gasteiger partial charge in [0, 0.05) is 12.3 Å². The Morgan fingerprint density at radius 3 is 2.75 bits per heavy atom. The summed E-state index contributed by atoms with van der Waals surface area (Å²) >= 11 is 1.71. The number of amides is 1. The van der Waals surface area contributed by atoms with Crippen LogP contribution in [0.3, 0.4) is 0 Å². The quantitative estimate of drug-likeness (QED) is 0.868. The highest BCUT2D eigenvalue weighted by Crippen LogP contribution is 2.24. The highest BCUT2D eigenvalue weighted by molar-refractivity contribution is 7.99. The van der Waals surface area contributed by atoms with Crippen molar-refractivity contribution in [1.29, 1.82) is 0 Å². The summed E-state index contributed by atoms with van der Waals surface area (Å²) < 4.78 is 5.09. The van der Waals surface area contributed by atoms with Gasteiger partial charge in [0.2, 0.25) is 5.91 Å². The molecule has 16 heavy (non-hydrogen) atoms. The number of methoxy groups -OCH3 is 1. The van der Waals surface area contributed by atoms with E-state index in [4.69, 9.17) is 4.74 Å². The summed E-state index contributed by atoms with van der Waals surface area (Å²) in [6.07, 6.45) is 0.944. The molecule has 1 N–H and O–H groups in total. The Labute approximate surface area is 99.6 Å². The number of benzene rings is 1. The van der Waals surface area contributed by atoms with Crippen LogP contribution in [0.5, 0.6) is 5.75 Å². The van der Waals surface area contributed by atoms with E-state index in [0.717, 1.165) is 24.5 Å². The zero-order valence-corrected chi connectivity index (χ0v) is 10.0. The van der Waals surface area contributed by atoms with Gasteiger partial charge in [-0.05, 0) is 24.1 Å². The maximum Gasteiger partial charge on any atom is 0.233 e. The fourth-order valence-corrected chi connectivity index (χ4v) is 2.75. The number of thioether (sulfide) groups is 1. The van der Waals surface area contributed by atoms with Crippen LogP contribution in [0.2, 0.25) is 0 Å². The summed E-state index contributed by atoms with van der Waals surface area (Å²) in [7, 11) is 1.66. The third-order valence-corrected chi connectivity index (χ3v) is 3.96. The molecule has 1 fully saturated rings. The van der Waals surface area contributed by atoms with E-state index in [1.54, 1.807) is 18.9 Å². The molecule has 1 aromatic rings. The van der Waals surface area contributed by atoms with Crippen LogP contribution < -0.4 is 10.1 Å². The lowest BCUT2D eigenvalue weighted by Crippen LogP contribution is -2.20. The van der Waals surface area contributed by atoms with Crippen LogP contribution >= 0.6 is 11.8 Å². The van der Waals surface area contributed by atoms with Crippen LogP contribution in [-0.4, -0.2) is 24.8 Å². The molecule has 0 radical (unpaired) electrons. The highest BCUT2D eigenvalue weighted by atomic mass is 32.2. The van der Waals surface area contributed by atoms with Crippen molar-refractivity contribution in [3.8, 4) is 5.75 Å². The second kappa shape index (κ2) is 5.25. The molecule has 1 atom stereocenters. The monoisotopic (exact) mass is 237 g/mol. The number of carbonyl (C=O) groups excluding carboxylic acids is 1. The lowest BCUT2D eigenvalue weighted by atomic mass is 10.2. The van der Waals surface area contributed by atoms with Crippen molar-refractivity contribution in [1.82, 2.24) is 5.32 Å². The minimum Gasteiger partial charge on any atom is -0.497 e. The predicted octanol–water partition coefficient (Wildman–Crippen LogP) is 1.82. The molecule has 1 aromatic carbocycles. The van der Waals surface area contributed by atoms with Crippen LogP contribution in [0, 0.1) is 0 Å². The van der Waals surface area contributed by atoms with Crippen LogP contribution in [0.15, 0.2) is 24.3 Å². The molecular weight excluding hydrogens is 222 g/mol. The number of hydrogen-bond acceptors (Lipinski definition) is 3. The number of ether oxygens (including phenoxy) is 1. The van der Waals surface area contributed by atoms with Crippen molar-refractivity contribution in [2.75, 3.05) is 13.7 Å². The fourth-order valence-electron chi connectivity index (χ4n) is 1.65. The SMILES string of the molecule is COc1ccc(CSC2CCNC2=O)cc1. The normalized spacial score (nSPS) is 19.6. The molecule has 1 amide bonds. The van der Waals surface area contributed by atoms with Crippen LogP contribution in [0.25, 0.3) is 0 Å². The molecule has 1 unspecified atom stereocenters. The first-order valence-corrected chi connectivity index (χ1v) is 6.37. The van der Waals surface area contributed by atoms with Gasteiger partial charge < -0.3 is 10.1 Å². The molecule has 1 aliphatic rings. The van der Waals surface area contributed by atoms with Gasteiger partial charge in [0.05, 0.1) is 12.4 Å². The van der Waals surface area contributed by atoms with Crippen molar-refractivity contribution < 1.29 is 9.53 Å².